The summed E-state index contributed by atoms with van der Waals surface area (Å²) in [6.45, 7) is 1.65. The fourth-order valence-corrected chi connectivity index (χ4v) is 2.76. The second kappa shape index (κ2) is 7.75. The first-order chi connectivity index (χ1) is 13.4. The van der Waals surface area contributed by atoms with Crippen LogP contribution in [0.1, 0.15) is 32.0 Å². The van der Waals surface area contributed by atoms with Crippen molar-refractivity contribution in [3.8, 4) is 5.69 Å². The van der Waals surface area contributed by atoms with Crippen LogP contribution in [0.25, 0.3) is 5.69 Å². The molecular formula is C20H17N3O5. The van der Waals surface area contributed by atoms with Crippen LogP contribution in [0.2, 0.25) is 0 Å². The highest BCUT2D eigenvalue weighted by Crippen LogP contribution is 2.22. The Morgan fingerprint density at radius 2 is 1.86 bits per heavy atom. The number of carboxylic acid groups (broad SMARTS) is 1. The first kappa shape index (κ1) is 18.8. The lowest BCUT2D eigenvalue weighted by Crippen LogP contribution is -2.17. The van der Waals surface area contributed by atoms with E-state index in [-0.39, 0.29) is 22.5 Å². The van der Waals surface area contributed by atoms with Gasteiger partial charge >= 0.3 is 11.9 Å². The van der Waals surface area contributed by atoms with E-state index in [0.29, 0.717) is 11.3 Å². The topological polar surface area (TPSA) is 114 Å². The van der Waals surface area contributed by atoms with Gasteiger partial charge in [0.05, 0.1) is 29.6 Å². The maximum absolute atomic E-state index is 12.8. The minimum Gasteiger partial charge on any atom is -0.478 e. The number of aromatic amines is 1. The summed E-state index contributed by atoms with van der Waals surface area (Å²) >= 11 is 0. The maximum atomic E-state index is 12.8. The number of benzene rings is 2. The molecule has 0 unspecified atom stereocenters. The number of aryl methyl sites for hydroxylation is 1. The van der Waals surface area contributed by atoms with Gasteiger partial charge in [0.25, 0.3) is 5.56 Å². The van der Waals surface area contributed by atoms with Crippen molar-refractivity contribution < 1.29 is 19.4 Å². The number of carboxylic acids is 1. The molecule has 0 saturated heterocycles. The maximum Gasteiger partial charge on any atom is 0.356 e. The molecule has 8 nitrogen and oxygen atoms in total. The van der Waals surface area contributed by atoms with E-state index in [1.165, 1.54) is 24.1 Å². The van der Waals surface area contributed by atoms with E-state index in [1.807, 2.05) is 0 Å². The molecule has 2 aromatic carbocycles. The van der Waals surface area contributed by atoms with Gasteiger partial charge in [0.15, 0.2) is 5.69 Å². The van der Waals surface area contributed by atoms with Crippen LogP contribution in [-0.2, 0) is 4.74 Å². The Kier molecular flexibility index (Phi) is 5.21. The standard InChI is InChI=1S/C20H17N3O5/c1-12-7-6-10-15(16(12)19(25)26)21-11-14-17(20(27)28-2)22-23(18(14)24)13-8-4-3-5-9-13/h3-11,22H,1-2H3,(H,25,26). The van der Waals surface area contributed by atoms with Crippen LogP contribution in [0.5, 0.6) is 0 Å². The Balaban J connectivity index is 2.15. The molecule has 0 aliphatic heterocycles. The number of para-hydroxylation sites is 1. The molecule has 28 heavy (non-hydrogen) atoms. The first-order valence-electron chi connectivity index (χ1n) is 8.29. The number of ether oxygens (including phenoxy) is 1. The number of aromatic nitrogens is 2. The van der Waals surface area contributed by atoms with E-state index in [9.17, 15) is 19.5 Å². The molecule has 142 valence electrons. The van der Waals surface area contributed by atoms with E-state index < -0.39 is 17.5 Å². The zero-order valence-corrected chi connectivity index (χ0v) is 15.2. The van der Waals surface area contributed by atoms with Gasteiger partial charge in [0, 0.05) is 6.21 Å². The Morgan fingerprint density at radius 3 is 2.50 bits per heavy atom. The summed E-state index contributed by atoms with van der Waals surface area (Å²) < 4.78 is 5.93. The quantitative estimate of drug-likeness (QED) is 0.523. The zero-order chi connectivity index (χ0) is 20.3. The zero-order valence-electron chi connectivity index (χ0n) is 15.2. The molecule has 0 radical (unpaired) electrons. The molecule has 0 saturated carbocycles. The lowest BCUT2D eigenvalue weighted by molar-refractivity contribution is 0.0592. The number of H-pyrrole nitrogens is 1. The molecule has 2 N–H and O–H groups in total. The average molecular weight is 379 g/mol. The van der Waals surface area contributed by atoms with Crippen LogP contribution in [0.15, 0.2) is 58.3 Å². The number of esters is 1. The van der Waals surface area contributed by atoms with Gasteiger partial charge in [0.1, 0.15) is 0 Å². The summed E-state index contributed by atoms with van der Waals surface area (Å²) in [5.74, 6) is -1.87. The predicted octanol–water partition coefficient (Wildman–Crippen LogP) is 2.71. The third-order valence-corrected chi connectivity index (χ3v) is 4.13. The Bertz CT molecular complexity index is 1130. The number of carbonyl (C=O) groups excluding carboxylic acids is 1. The smallest absolute Gasteiger partial charge is 0.356 e. The number of carbonyl (C=O) groups is 2. The second-order valence-electron chi connectivity index (χ2n) is 5.90. The number of hydrogen-bond donors (Lipinski definition) is 2. The fourth-order valence-electron chi connectivity index (χ4n) is 2.76. The molecule has 0 atom stereocenters. The highest BCUT2D eigenvalue weighted by Gasteiger charge is 2.21. The number of hydrogen-bond acceptors (Lipinski definition) is 5. The van der Waals surface area contributed by atoms with Crippen molar-refractivity contribution in [2.24, 2.45) is 4.99 Å². The third kappa shape index (κ3) is 3.48. The van der Waals surface area contributed by atoms with E-state index >= 15 is 0 Å². The van der Waals surface area contributed by atoms with Crippen molar-refractivity contribution in [2.75, 3.05) is 7.11 Å². The third-order valence-electron chi connectivity index (χ3n) is 4.13. The van der Waals surface area contributed by atoms with Crippen molar-refractivity contribution >= 4 is 23.8 Å². The number of nitrogens with zero attached hydrogens (tertiary/aromatic N) is 2. The van der Waals surface area contributed by atoms with Gasteiger partial charge < -0.3 is 9.84 Å². The Labute approximate surface area is 159 Å². The minimum atomic E-state index is -1.13. The van der Waals surface area contributed by atoms with Gasteiger partial charge in [-0.3, -0.25) is 14.9 Å². The number of nitrogens with one attached hydrogen (secondary N) is 1. The molecule has 0 fully saturated rings. The number of methoxy groups -OCH3 is 1. The molecule has 3 rings (SSSR count). The van der Waals surface area contributed by atoms with Gasteiger partial charge in [-0.05, 0) is 30.7 Å². The summed E-state index contributed by atoms with van der Waals surface area (Å²) in [4.78, 5) is 40.6. The van der Waals surface area contributed by atoms with Crippen LogP contribution < -0.4 is 5.56 Å². The molecule has 0 aliphatic rings. The van der Waals surface area contributed by atoms with Crippen LogP contribution in [0, 0.1) is 6.92 Å². The minimum absolute atomic E-state index is 0.0253. The number of rotatable bonds is 5. The van der Waals surface area contributed by atoms with Gasteiger partial charge in [0.2, 0.25) is 0 Å². The monoisotopic (exact) mass is 379 g/mol. The summed E-state index contributed by atoms with van der Waals surface area (Å²) in [5.41, 5.74) is 0.635. The fraction of sp³-hybridized carbons (Fsp3) is 0.100. The summed E-state index contributed by atoms with van der Waals surface area (Å²) in [6, 6.07) is 13.5. The van der Waals surface area contributed by atoms with E-state index in [0.717, 1.165) is 0 Å². The van der Waals surface area contributed by atoms with Crippen molar-refractivity contribution in [3.63, 3.8) is 0 Å². The molecule has 3 aromatic rings. The molecule has 0 spiro atoms. The van der Waals surface area contributed by atoms with Gasteiger partial charge in [-0.2, -0.15) is 0 Å². The SMILES string of the molecule is COC(=O)c1[nH]n(-c2ccccc2)c(=O)c1C=Nc1cccc(C)c1C(=O)O. The Hall–Kier alpha value is -3.94. The molecule has 1 aromatic heterocycles. The largest absolute Gasteiger partial charge is 0.478 e. The molecule has 0 amide bonds. The first-order valence-corrected chi connectivity index (χ1v) is 8.29. The second-order valence-corrected chi connectivity index (χ2v) is 5.90. The van der Waals surface area contributed by atoms with Crippen molar-refractivity contribution in [3.05, 3.63) is 81.3 Å². The normalized spacial score (nSPS) is 10.9. The van der Waals surface area contributed by atoms with Crippen molar-refractivity contribution in [1.82, 2.24) is 9.78 Å². The molecule has 1 heterocycles. The number of aromatic carboxylic acids is 1. The van der Waals surface area contributed by atoms with E-state index in [1.54, 1.807) is 49.4 Å². The summed E-state index contributed by atoms with van der Waals surface area (Å²) in [7, 11) is 1.20. The summed E-state index contributed by atoms with van der Waals surface area (Å²) in [6.07, 6.45) is 1.17. The highest BCUT2D eigenvalue weighted by atomic mass is 16.5. The van der Waals surface area contributed by atoms with E-state index in [4.69, 9.17) is 4.74 Å². The lowest BCUT2D eigenvalue weighted by Gasteiger charge is -2.03. The Morgan fingerprint density at radius 1 is 1.14 bits per heavy atom. The van der Waals surface area contributed by atoms with Crippen LogP contribution in [0.4, 0.5) is 5.69 Å². The average Bonchev–Trinajstić information content (AvgIpc) is 3.02. The van der Waals surface area contributed by atoms with E-state index in [2.05, 4.69) is 10.1 Å². The predicted molar refractivity (Wildman–Crippen MR) is 103 cm³/mol. The number of aliphatic imine (C=N–C) groups is 1. The molecule has 0 bridgehead atoms. The lowest BCUT2D eigenvalue weighted by atomic mass is 10.1. The highest BCUT2D eigenvalue weighted by molar-refractivity contribution is 6.00. The van der Waals surface area contributed by atoms with Crippen LogP contribution in [-0.4, -0.2) is 40.2 Å². The van der Waals surface area contributed by atoms with Crippen LogP contribution >= 0.6 is 0 Å². The molecule has 8 heteroatoms. The van der Waals surface area contributed by atoms with Crippen LogP contribution in [0.3, 0.4) is 0 Å². The molecular weight excluding hydrogens is 362 g/mol. The van der Waals surface area contributed by atoms with Gasteiger partial charge in [-0.25, -0.2) is 14.3 Å². The van der Waals surface area contributed by atoms with Crippen molar-refractivity contribution in [1.29, 1.82) is 0 Å². The van der Waals surface area contributed by atoms with Crippen molar-refractivity contribution in [2.45, 2.75) is 6.92 Å². The molecule has 0 aliphatic carbocycles. The summed E-state index contributed by atoms with van der Waals surface area (Å²) in [5, 5.41) is 12.1. The van der Waals surface area contributed by atoms with Gasteiger partial charge in [-0.15, -0.1) is 0 Å². The van der Waals surface area contributed by atoms with Gasteiger partial charge in [-0.1, -0.05) is 30.3 Å².